The molecule has 7 nitrogen and oxygen atoms in total. The molecular weight excluding hydrogens is 295 g/mol. The first-order valence-electron chi connectivity index (χ1n) is 5.42. The Balaban J connectivity index is 3.63. The van der Waals surface area contributed by atoms with Gasteiger partial charge < -0.3 is 4.90 Å². The molecule has 0 spiro atoms. The molecular formula is C11H10F3N3O4. The lowest BCUT2D eigenvalue weighted by Gasteiger charge is -2.09. The Hall–Kier alpha value is -2.65. The molecule has 1 aromatic carbocycles. The van der Waals surface area contributed by atoms with Crippen LogP contribution in [-0.2, 0) is 6.18 Å². The van der Waals surface area contributed by atoms with Crippen LogP contribution in [0.1, 0.15) is 11.1 Å². The standard InChI is InChI=1S/C11H10F3N3O4/c1-15(2)4-3-7-5-8(11(12,13)14)10(17(20)21)6-9(7)16(18)19/h3-6H,1-2H3. The zero-order chi connectivity index (χ0) is 16.4. The summed E-state index contributed by atoms with van der Waals surface area (Å²) in [6, 6.07) is 0.717. The maximum absolute atomic E-state index is 12.8. The minimum Gasteiger partial charge on any atom is -0.383 e. The average molecular weight is 305 g/mol. The van der Waals surface area contributed by atoms with E-state index in [2.05, 4.69) is 0 Å². The third-order valence-corrected chi connectivity index (χ3v) is 2.40. The number of benzene rings is 1. The number of halogens is 3. The number of nitro groups is 2. The Kier molecular flexibility index (Phi) is 4.51. The highest BCUT2D eigenvalue weighted by Gasteiger charge is 2.40. The highest BCUT2D eigenvalue weighted by atomic mass is 19.4. The van der Waals surface area contributed by atoms with Crippen LogP contribution in [-0.4, -0.2) is 28.8 Å². The van der Waals surface area contributed by atoms with Crippen molar-refractivity contribution >= 4 is 17.5 Å². The van der Waals surface area contributed by atoms with Crippen LogP contribution in [0.15, 0.2) is 18.3 Å². The number of nitro benzene ring substituents is 2. The van der Waals surface area contributed by atoms with Crippen LogP contribution < -0.4 is 0 Å². The van der Waals surface area contributed by atoms with E-state index >= 15 is 0 Å². The fourth-order valence-electron chi connectivity index (χ4n) is 1.49. The summed E-state index contributed by atoms with van der Waals surface area (Å²) in [5.74, 6) is 0. The highest BCUT2D eigenvalue weighted by molar-refractivity contribution is 5.66. The Morgan fingerprint density at radius 2 is 1.62 bits per heavy atom. The maximum atomic E-state index is 12.8. The van der Waals surface area contributed by atoms with Crippen molar-refractivity contribution in [2.24, 2.45) is 0 Å². The average Bonchev–Trinajstić information content (AvgIpc) is 2.33. The van der Waals surface area contributed by atoms with Crippen molar-refractivity contribution in [3.05, 3.63) is 49.7 Å². The van der Waals surface area contributed by atoms with Gasteiger partial charge in [-0.2, -0.15) is 13.2 Å². The normalized spacial score (nSPS) is 11.7. The summed E-state index contributed by atoms with van der Waals surface area (Å²) in [5.41, 5.74) is -4.02. The molecule has 0 amide bonds. The van der Waals surface area contributed by atoms with Gasteiger partial charge in [0.15, 0.2) is 0 Å². The molecule has 0 saturated heterocycles. The van der Waals surface area contributed by atoms with E-state index < -0.39 is 33.0 Å². The summed E-state index contributed by atoms with van der Waals surface area (Å²) in [6.45, 7) is 0. The largest absolute Gasteiger partial charge is 0.423 e. The van der Waals surface area contributed by atoms with Crippen molar-refractivity contribution < 1.29 is 23.0 Å². The number of rotatable bonds is 4. The van der Waals surface area contributed by atoms with Gasteiger partial charge in [0, 0.05) is 14.1 Å². The number of alkyl halides is 3. The van der Waals surface area contributed by atoms with Crippen LogP contribution in [0.25, 0.3) is 6.08 Å². The van der Waals surface area contributed by atoms with E-state index in [1.807, 2.05) is 0 Å². The van der Waals surface area contributed by atoms with E-state index in [1.54, 1.807) is 14.1 Å². The molecule has 0 unspecified atom stereocenters. The van der Waals surface area contributed by atoms with Crippen LogP contribution in [0.4, 0.5) is 24.5 Å². The second-order valence-electron chi connectivity index (χ2n) is 4.22. The molecule has 0 heterocycles. The van der Waals surface area contributed by atoms with Gasteiger partial charge in [-0.15, -0.1) is 0 Å². The van der Waals surface area contributed by atoms with Crippen molar-refractivity contribution in [3.63, 3.8) is 0 Å². The van der Waals surface area contributed by atoms with E-state index in [0.29, 0.717) is 12.1 Å². The quantitative estimate of drug-likeness (QED) is 0.630. The SMILES string of the molecule is CN(C)C=Cc1cc(C(F)(F)F)c([N+](=O)[O-])cc1[N+](=O)[O-]. The molecule has 0 aliphatic carbocycles. The van der Waals surface area contributed by atoms with Crippen molar-refractivity contribution in [3.8, 4) is 0 Å². The monoisotopic (exact) mass is 305 g/mol. The summed E-state index contributed by atoms with van der Waals surface area (Å²) >= 11 is 0. The zero-order valence-electron chi connectivity index (χ0n) is 10.9. The van der Waals surface area contributed by atoms with Gasteiger partial charge in [0.25, 0.3) is 11.4 Å². The summed E-state index contributed by atoms with van der Waals surface area (Å²) in [4.78, 5) is 20.7. The Morgan fingerprint density at radius 1 is 1.10 bits per heavy atom. The Labute approximate surface area is 116 Å². The molecule has 10 heteroatoms. The molecule has 1 rings (SSSR count). The molecule has 0 aliphatic rings. The van der Waals surface area contributed by atoms with Crippen molar-refractivity contribution in [2.75, 3.05) is 14.1 Å². The first-order valence-corrected chi connectivity index (χ1v) is 5.42. The van der Waals surface area contributed by atoms with Gasteiger partial charge in [0.1, 0.15) is 5.56 Å². The summed E-state index contributed by atoms with van der Waals surface area (Å²) in [7, 11) is 3.14. The molecule has 0 aromatic heterocycles. The Bertz CT molecular complexity index is 611. The van der Waals surface area contributed by atoms with Gasteiger partial charge in [0.2, 0.25) is 0 Å². The summed E-state index contributed by atoms with van der Waals surface area (Å²) < 4.78 is 38.4. The van der Waals surface area contributed by atoms with Crippen LogP contribution in [0.2, 0.25) is 0 Å². The topological polar surface area (TPSA) is 89.5 Å². The minimum atomic E-state index is -4.99. The molecule has 114 valence electrons. The molecule has 0 fully saturated rings. The fourth-order valence-corrected chi connectivity index (χ4v) is 1.49. The van der Waals surface area contributed by atoms with Gasteiger partial charge in [-0.1, -0.05) is 0 Å². The molecule has 0 saturated carbocycles. The minimum absolute atomic E-state index is 0.318. The first kappa shape index (κ1) is 16.4. The number of hydrogen-bond acceptors (Lipinski definition) is 5. The Morgan fingerprint density at radius 3 is 2.00 bits per heavy atom. The second kappa shape index (κ2) is 5.77. The van der Waals surface area contributed by atoms with Gasteiger partial charge >= 0.3 is 6.18 Å². The van der Waals surface area contributed by atoms with Crippen molar-refractivity contribution in [1.29, 1.82) is 0 Å². The van der Waals surface area contributed by atoms with Crippen LogP contribution >= 0.6 is 0 Å². The molecule has 0 N–H and O–H groups in total. The molecule has 0 aliphatic heterocycles. The van der Waals surface area contributed by atoms with Gasteiger partial charge in [-0.3, -0.25) is 20.2 Å². The van der Waals surface area contributed by atoms with Crippen LogP contribution in [0.3, 0.4) is 0 Å². The van der Waals surface area contributed by atoms with E-state index in [0.717, 1.165) is 6.08 Å². The third-order valence-electron chi connectivity index (χ3n) is 2.40. The van der Waals surface area contributed by atoms with Gasteiger partial charge in [-0.25, -0.2) is 0 Å². The van der Waals surface area contributed by atoms with E-state index in [9.17, 15) is 33.4 Å². The van der Waals surface area contributed by atoms with Gasteiger partial charge in [0.05, 0.1) is 21.5 Å². The van der Waals surface area contributed by atoms with Crippen LogP contribution in [0.5, 0.6) is 0 Å². The lowest BCUT2D eigenvalue weighted by atomic mass is 10.1. The number of nitrogens with zero attached hydrogens (tertiary/aromatic N) is 3. The third kappa shape index (κ3) is 3.91. The predicted octanol–water partition coefficient (Wildman–Crippen LogP) is 3.05. The highest BCUT2D eigenvalue weighted by Crippen LogP contribution is 2.40. The molecule has 0 bridgehead atoms. The fraction of sp³-hybridized carbons (Fsp3) is 0.273. The lowest BCUT2D eigenvalue weighted by Crippen LogP contribution is -2.10. The second-order valence-corrected chi connectivity index (χ2v) is 4.22. The van der Waals surface area contributed by atoms with Crippen LogP contribution in [0, 0.1) is 20.2 Å². The van der Waals surface area contributed by atoms with Crippen molar-refractivity contribution in [2.45, 2.75) is 6.18 Å². The maximum Gasteiger partial charge on any atom is 0.423 e. The molecule has 0 radical (unpaired) electrons. The zero-order valence-corrected chi connectivity index (χ0v) is 10.9. The molecule has 21 heavy (non-hydrogen) atoms. The van der Waals surface area contributed by atoms with Gasteiger partial charge in [-0.05, 0) is 18.3 Å². The lowest BCUT2D eigenvalue weighted by molar-refractivity contribution is -0.396. The smallest absolute Gasteiger partial charge is 0.383 e. The molecule has 1 aromatic rings. The van der Waals surface area contributed by atoms with E-state index in [-0.39, 0.29) is 5.56 Å². The van der Waals surface area contributed by atoms with E-state index in [1.165, 1.54) is 11.1 Å². The van der Waals surface area contributed by atoms with E-state index in [4.69, 9.17) is 0 Å². The summed E-state index contributed by atoms with van der Waals surface area (Å²) in [6.07, 6.45) is -2.61. The number of hydrogen-bond donors (Lipinski definition) is 0. The first-order chi connectivity index (χ1) is 9.54. The predicted molar refractivity (Wildman–Crippen MR) is 67.5 cm³/mol. The molecule has 0 atom stereocenters. The summed E-state index contributed by atoms with van der Waals surface area (Å²) in [5, 5.41) is 21.5. The van der Waals surface area contributed by atoms with Crippen molar-refractivity contribution in [1.82, 2.24) is 4.90 Å².